The summed E-state index contributed by atoms with van der Waals surface area (Å²) in [6.07, 6.45) is 31.8. The number of hydrogen-bond donors (Lipinski definition) is 0. The highest BCUT2D eigenvalue weighted by Gasteiger charge is 2.35. The highest BCUT2D eigenvalue weighted by atomic mass is 14.9. The summed E-state index contributed by atoms with van der Waals surface area (Å²) in [6.45, 7) is 39.8. The first-order valence-electron chi connectivity index (χ1n) is 51.8. The van der Waals surface area contributed by atoms with Crippen molar-refractivity contribution in [3.8, 4) is 89.5 Å². The molecule has 0 bridgehead atoms. The van der Waals surface area contributed by atoms with E-state index in [0.717, 1.165) is 85.8 Å². The van der Waals surface area contributed by atoms with Crippen molar-refractivity contribution in [1.29, 1.82) is 0 Å². The van der Waals surface area contributed by atoms with Crippen molar-refractivity contribution in [3.05, 3.63) is 311 Å². The van der Waals surface area contributed by atoms with Crippen LogP contribution in [0.1, 0.15) is 305 Å². The van der Waals surface area contributed by atoms with Crippen LogP contribution in [-0.4, -0.2) is 0 Å². The van der Waals surface area contributed by atoms with Gasteiger partial charge in [-0.1, -0.05) is 326 Å². The van der Waals surface area contributed by atoms with Crippen LogP contribution in [0.2, 0.25) is 0 Å². The van der Waals surface area contributed by atoms with Gasteiger partial charge in [0.1, 0.15) is 28.2 Å². The van der Waals surface area contributed by atoms with E-state index in [0.29, 0.717) is 5.56 Å². The van der Waals surface area contributed by atoms with Gasteiger partial charge in [0.25, 0.3) is 0 Å². The van der Waals surface area contributed by atoms with Crippen molar-refractivity contribution in [3.63, 3.8) is 0 Å². The van der Waals surface area contributed by atoms with Crippen molar-refractivity contribution in [2.75, 3.05) is 0 Å². The van der Waals surface area contributed by atoms with E-state index >= 15 is 0 Å². The Balaban J connectivity index is 0.000000151. The minimum absolute atomic E-state index is 0.148. The molecule has 4 aromatic heterocycles. The molecule has 3 unspecified atom stereocenters. The molecule has 128 heavy (non-hydrogen) atoms. The fourth-order valence-electron chi connectivity index (χ4n) is 22.1. The second-order valence-electron chi connectivity index (χ2n) is 42.2. The standard InChI is InChI=1S/C33H46N.C31H38N.C30H36N.C30H40N/c1-21(2)32(22(3)4)28-17-27(18-29(19-28)33(23(5)6)24(7)8)26-15-16-34(10)31(20-26)30-14-12-11-13-25(30)9;1-23-9-6-7-14-30(23)31-22-29(19-20-32(31)2)28-13-8-12-27(21-28)26-17-15-25(16-18-26)24-10-4-3-5-11-24;1-22-8-6-7-11-29(22)30-21-28(18-19-31(30)2)25-14-12-24(13-15-25)27-17-16-26(20-27)23-9-4-3-5-10-23;1-21-12-10-11-13-27(21)28-15-14-24(20-31(28)9)26-17-23(19-29(3,4)5)16-25(18-26)22(2)30(6,7)8/h11-24,32-33H,1-10H3;6-9,12-14,19-22,24-26H,3-5,10-11,15-18H2,1-2H3;6-8,11-15,18-19,21,23,26-27H,3-5,9-10,16-17,20H2,1-2H3;10-18,20,22H,19H2,1-9H3/q4*+1/i32D,33D;;;19D2,22D. The van der Waals surface area contributed by atoms with Crippen molar-refractivity contribution in [2.24, 2.45) is 86.4 Å². The topological polar surface area (TPSA) is 15.5 Å². The van der Waals surface area contributed by atoms with Crippen LogP contribution in [0.25, 0.3) is 89.5 Å². The molecule has 0 amide bonds. The molecule has 4 aliphatic rings. The highest BCUT2D eigenvalue weighted by molar-refractivity contribution is 5.75. The molecule has 16 rings (SSSR count). The molecule has 4 saturated carbocycles. The number of nitrogens with zero attached hydrogens (tertiary/aromatic N) is 4. The Morgan fingerprint density at radius 1 is 0.312 bits per heavy atom. The summed E-state index contributed by atoms with van der Waals surface area (Å²) in [6, 6.07) is 83.6. The van der Waals surface area contributed by atoms with Crippen molar-refractivity contribution >= 4 is 0 Å². The maximum atomic E-state index is 9.62. The van der Waals surface area contributed by atoms with E-state index in [1.807, 2.05) is 46.9 Å². The Bertz CT molecular complexity index is 5830. The number of pyridine rings is 4. The lowest BCUT2D eigenvalue weighted by atomic mass is 9.70. The number of hydrogen-bond acceptors (Lipinski definition) is 0. The Morgan fingerprint density at radius 2 is 0.695 bits per heavy atom. The molecule has 4 heterocycles. The molecule has 672 valence electrons. The molecule has 0 aliphatic heterocycles. The average molecular weight is 1710 g/mol. The SMILES string of the molecule is Cc1ccccc1-c1cc(-c2ccc(C3CCC(C4CCCCC4)C3)cc2)cc[n+]1C.Cc1ccccc1-c1cc(-c2cccc(C3CCC(C4CCCCC4)CC3)c2)cc[n+]1C.[2H]C([2H])(c1cc(-c2ccc(-c3ccccc3C)[n+](C)c2)cc(C([2H])(C)C(C)(C)C)c1)C(C)(C)C.[2H]C(c1cc(-c2cc[n+](C)c(-c3ccccc3C)c2)cc(C([2H])(C(C)C)C(C)C)c1)(C(C)C)C(C)C. The van der Waals surface area contributed by atoms with Gasteiger partial charge < -0.3 is 0 Å². The van der Waals surface area contributed by atoms with Crippen molar-refractivity contribution in [1.82, 2.24) is 0 Å². The maximum Gasteiger partial charge on any atom is 0.213 e. The van der Waals surface area contributed by atoms with Gasteiger partial charge in [0.05, 0.1) is 0 Å². The van der Waals surface area contributed by atoms with Gasteiger partial charge in [0.2, 0.25) is 22.8 Å². The molecule has 4 nitrogen and oxygen atoms in total. The van der Waals surface area contributed by atoms with E-state index in [4.69, 9.17) is 2.74 Å². The fraction of sp³-hybridized carbons (Fsp3) is 0.452. The summed E-state index contributed by atoms with van der Waals surface area (Å²) < 4.78 is 55.1. The number of rotatable bonds is 20. The minimum atomic E-state index is -1.55. The van der Waals surface area contributed by atoms with Crippen LogP contribution in [0.3, 0.4) is 0 Å². The van der Waals surface area contributed by atoms with E-state index in [2.05, 4.69) is 386 Å². The van der Waals surface area contributed by atoms with E-state index in [1.165, 1.54) is 187 Å². The second-order valence-corrected chi connectivity index (χ2v) is 42.2. The third-order valence-electron chi connectivity index (χ3n) is 29.3. The smallest absolute Gasteiger partial charge is 0.201 e. The predicted molar refractivity (Wildman–Crippen MR) is 547 cm³/mol. The Kier molecular flexibility index (Phi) is 30.2. The van der Waals surface area contributed by atoms with Crippen LogP contribution >= 0.6 is 0 Å². The van der Waals surface area contributed by atoms with Gasteiger partial charge in [0, 0.05) is 77.1 Å². The molecule has 3 atom stereocenters. The number of aryl methyl sites for hydroxylation is 8. The van der Waals surface area contributed by atoms with Crippen LogP contribution in [-0.2, 0) is 34.6 Å². The minimum Gasteiger partial charge on any atom is -0.201 e. The number of benzene rings is 8. The summed E-state index contributed by atoms with van der Waals surface area (Å²) >= 11 is 0. The van der Waals surface area contributed by atoms with Crippen molar-refractivity contribution in [2.45, 2.75) is 277 Å². The van der Waals surface area contributed by atoms with Gasteiger partial charge in [-0.25, -0.2) is 18.3 Å². The first kappa shape index (κ1) is 89.0. The van der Waals surface area contributed by atoms with Gasteiger partial charge in [-0.15, -0.1) is 0 Å². The molecule has 12 aromatic rings. The average Bonchev–Trinajstić information content (AvgIpc) is 0.832. The summed E-state index contributed by atoms with van der Waals surface area (Å²) in [5.74, 6) is 3.78. The zero-order valence-electron chi connectivity index (χ0n) is 87.8. The lowest BCUT2D eigenvalue weighted by molar-refractivity contribution is -0.660. The summed E-state index contributed by atoms with van der Waals surface area (Å²) in [7, 11) is 8.42. The highest BCUT2D eigenvalue weighted by Crippen LogP contribution is 2.49. The van der Waals surface area contributed by atoms with Crippen molar-refractivity contribution < 1.29 is 25.1 Å². The van der Waals surface area contributed by atoms with Crippen LogP contribution in [0.4, 0.5) is 0 Å². The summed E-state index contributed by atoms with van der Waals surface area (Å²) in [4.78, 5) is 0. The van der Waals surface area contributed by atoms with E-state index in [9.17, 15) is 4.11 Å². The second kappa shape index (κ2) is 43.4. The monoisotopic (exact) mass is 1710 g/mol. The van der Waals surface area contributed by atoms with Crippen LogP contribution in [0.15, 0.2) is 255 Å². The van der Waals surface area contributed by atoms with Gasteiger partial charge in [0.15, 0.2) is 24.8 Å². The zero-order chi connectivity index (χ0) is 95.8. The first-order valence-corrected chi connectivity index (χ1v) is 49.3. The van der Waals surface area contributed by atoms with Gasteiger partial charge in [-0.05, 0) is 292 Å². The van der Waals surface area contributed by atoms with Gasteiger partial charge >= 0.3 is 0 Å². The maximum absolute atomic E-state index is 9.62. The third kappa shape index (κ3) is 24.3. The number of aromatic nitrogens is 4. The molecule has 0 spiro atoms. The normalized spacial score (nSPS) is 18.4. The van der Waals surface area contributed by atoms with E-state index < -0.39 is 29.5 Å². The Morgan fingerprint density at radius 3 is 1.13 bits per heavy atom. The molecule has 4 fully saturated rings. The lowest BCUT2D eigenvalue weighted by Gasteiger charge is -2.36. The van der Waals surface area contributed by atoms with E-state index in [1.54, 1.807) is 11.1 Å². The van der Waals surface area contributed by atoms with Crippen LogP contribution in [0.5, 0.6) is 0 Å². The quantitative estimate of drug-likeness (QED) is 0.0676. The fourth-order valence-corrected chi connectivity index (χ4v) is 22.1. The Hall–Kier alpha value is -9.64. The van der Waals surface area contributed by atoms with E-state index in [-0.39, 0.29) is 29.1 Å². The zero-order valence-corrected chi connectivity index (χ0v) is 82.8. The summed E-state index contributed by atoms with van der Waals surface area (Å²) in [5.41, 5.74) is 30.2. The van der Waals surface area contributed by atoms with Gasteiger partial charge in [-0.2, -0.15) is 0 Å². The molecule has 4 aliphatic carbocycles. The Labute approximate surface area is 783 Å². The molecule has 0 saturated heterocycles. The largest absolute Gasteiger partial charge is 0.213 e. The van der Waals surface area contributed by atoms with Gasteiger partial charge in [-0.3, -0.25) is 0 Å². The molecule has 4 heteroatoms. The predicted octanol–water partition coefficient (Wildman–Crippen LogP) is 32.5. The summed E-state index contributed by atoms with van der Waals surface area (Å²) in [5, 5.41) is 0. The third-order valence-corrected chi connectivity index (χ3v) is 29.3. The molecule has 8 aromatic carbocycles. The lowest BCUT2D eigenvalue weighted by Crippen LogP contribution is -2.30. The molecular weight excluding hydrogens is 1550 g/mol. The van der Waals surface area contributed by atoms with Crippen LogP contribution in [0, 0.1) is 85.9 Å². The van der Waals surface area contributed by atoms with Crippen LogP contribution < -0.4 is 18.3 Å². The molecule has 0 radical (unpaired) electrons. The first-order chi connectivity index (χ1) is 63.1. The molecule has 0 N–H and O–H groups in total. The molecular formula is C124H160N4+4.